The molecule has 3 heterocycles. The number of β-amino-alcohol motifs (C(OH)–C–C–N with tert-alkyl or cyclic N) is 1. The lowest BCUT2D eigenvalue weighted by atomic mass is 9.92. The molecule has 1 saturated heterocycles. The van der Waals surface area contributed by atoms with Crippen LogP contribution in [0.3, 0.4) is 0 Å². The molecule has 0 radical (unpaired) electrons. The minimum absolute atomic E-state index is 0.205. The Morgan fingerprint density at radius 1 is 1.55 bits per heavy atom. The van der Waals surface area contributed by atoms with Crippen LogP contribution in [0.25, 0.3) is 11.0 Å². The van der Waals surface area contributed by atoms with Gasteiger partial charge >= 0.3 is 0 Å². The Hall–Kier alpha value is -2.15. The van der Waals surface area contributed by atoms with Gasteiger partial charge in [-0.1, -0.05) is 0 Å². The minimum Gasteiger partial charge on any atom is -0.378 e. The minimum atomic E-state index is -1.46. The Labute approximate surface area is 116 Å². The lowest BCUT2D eigenvalue weighted by Crippen LogP contribution is -2.56. The van der Waals surface area contributed by atoms with Crippen LogP contribution < -0.4 is 10.6 Å². The molecule has 0 spiro atoms. The summed E-state index contributed by atoms with van der Waals surface area (Å²) >= 11 is 0. The van der Waals surface area contributed by atoms with Crippen molar-refractivity contribution in [1.29, 1.82) is 0 Å². The first-order chi connectivity index (χ1) is 9.51. The highest BCUT2D eigenvalue weighted by Gasteiger charge is 2.39. The van der Waals surface area contributed by atoms with E-state index in [9.17, 15) is 9.90 Å². The quantitative estimate of drug-likeness (QED) is 0.790. The first-order valence-corrected chi connectivity index (χ1v) is 6.55. The zero-order valence-corrected chi connectivity index (χ0v) is 11.3. The second-order valence-corrected chi connectivity index (χ2v) is 5.26. The predicted molar refractivity (Wildman–Crippen MR) is 74.1 cm³/mol. The summed E-state index contributed by atoms with van der Waals surface area (Å²) in [7, 11) is 1.83. The number of hydrogen-bond donors (Lipinski definition) is 2. The highest BCUT2D eigenvalue weighted by molar-refractivity contribution is 5.90. The fraction of sp³-hybridized carbons (Fsp3) is 0.462. The van der Waals surface area contributed by atoms with E-state index in [1.54, 1.807) is 17.1 Å². The number of piperidine rings is 1. The number of nitrogens with two attached hydrogens (primary N) is 1. The predicted octanol–water partition coefficient (Wildman–Crippen LogP) is -0.215. The average molecular weight is 275 g/mol. The standard InChI is InChI=1S/C13H17N5O2/c1-17-11-9(7-16-17)10(3-5-15-11)18-6-2-4-13(20,8-18)12(14)19/h3,5,7,20H,2,4,6,8H2,1H3,(H2,14,19)/t13-/m1/s1. The molecule has 1 aliphatic rings. The van der Waals surface area contributed by atoms with Crippen molar-refractivity contribution in [3.63, 3.8) is 0 Å². The van der Waals surface area contributed by atoms with Gasteiger partial charge in [-0.2, -0.15) is 5.10 Å². The molecule has 7 nitrogen and oxygen atoms in total. The van der Waals surface area contributed by atoms with Crippen LogP contribution in [0.15, 0.2) is 18.5 Å². The van der Waals surface area contributed by atoms with Crippen molar-refractivity contribution in [2.24, 2.45) is 12.8 Å². The maximum Gasteiger partial charge on any atom is 0.251 e. The zero-order chi connectivity index (χ0) is 14.3. The topological polar surface area (TPSA) is 97.3 Å². The summed E-state index contributed by atoms with van der Waals surface area (Å²) in [4.78, 5) is 17.7. The number of aromatic nitrogens is 3. The fourth-order valence-corrected chi connectivity index (χ4v) is 2.75. The molecule has 3 N–H and O–H groups in total. The molecule has 7 heteroatoms. The number of pyridine rings is 1. The summed E-state index contributed by atoms with van der Waals surface area (Å²) in [6.45, 7) is 0.972. The number of fused-ring (bicyclic) bond motifs is 1. The normalized spacial score (nSPS) is 23.2. The van der Waals surface area contributed by atoms with E-state index in [1.165, 1.54) is 0 Å². The van der Waals surface area contributed by atoms with Gasteiger partial charge in [0.05, 0.1) is 23.8 Å². The molecular weight excluding hydrogens is 258 g/mol. The van der Waals surface area contributed by atoms with E-state index in [0.29, 0.717) is 12.8 Å². The Morgan fingerprint density at radius 3 is 3.10 bits per heavy atom. The molecule has 2 aromatic rings. The number of nitrogens with zero attached hydrogens (tertiary/aromatic N) is 4. The number of carbonyl (C=O) groups excluding carboxylic acids is 1. The van der Waals surface area contributed by atoms with Crippen LogP contribution in [0.4, 0.5) is 5.69 Å². The number of anilines is 1. The van der Waals surface area contributed by atoms with Crippen LogP contribution in [0.5, 0.6) is 0 Å². The van der Waals surface area contributed by atoms with E-state index in [0.717, 1.165) is 23.3 Å². The highest BCUT2D eigenvalue weighted by atomic mass is 16.3. The van der Waals surface area contributed by atoms with Gasteiger partial charge in [-0.05, 0) is 18.9 Å². The molecule has 1 atom stereocenters. The van der Waals surface area contributed by atoms with Crippen LogP contribution in [0.1, 0.15) is 12.8 Å². The monoisotopic (exact) mass is 275 g/mol. The molecule has 0 saturated carbocycles. The van der Waals surface area contributed by atoms with Crippen molar-refractivity contribution in [2.75, 3.05) is 18.0 Å². The summed E-state index contributed by atoms with van der Waals surface area (Å²) in [5.41, 5.74) is 5.54. The van der Waals surface area contributed by atoms with Crippen molar-refractivity contribution in [3.05, 3.63) is 18.5 Å². The van der Waals surface area contributed by atoms with Gasteiger partial charge in [0.15, 0.2) is 11.2 Å². The van der Waals surface area contributed by atoms with Gasteiger partial charge in [0.1, 0.15) is 0 Å². The molecule has 1 amide bonds. The number of amides is 1. The van der Waals surface area contributed by atoms with E-state index < -0.39 is 11.5 Å². The SMILES string of the molecule is Cn1ncc2c(N3CCC[C@](O)(C(N)=O)C3)ccnc21. The molecule has 20 heavy (non-hydrogen) atoms. The van der Waals surface area contributed by atoms with Crippen molar-refractivity contribution >= 4 is 22.6 Å². The molecule has 2 aromatic heterocycles. The zero-order valence-electron chi connectivity index (χ0n) is 11.3. The maximum atomic E-state index is 11.4. The Balaban J connectivity index is 2.01. The number of rotatable bonds is 2. The third-order valence-corrected chi connectivity index (χ3v) is 3.88. The van der Waals surface area contributed by atoms with Gasteiger partial charge in [0.2, 0.25) is 0 Å². The maximum absolute atomic E-state index is 11.4. The lowest BCUT2D eigenvalue weighted by Gasteiger charge is -2.38. The van der Waals surface area contributed by atoms with E-state index in [4.69, 9.17) is 5.73 Å². The van der Waals surface area contributed by atoms with Gasteiger partial charge in [-0.3, -0.25) is 9.48 Å². The van der Waals surface area contributed by atoms with Crippen LogP contribution >= 0.6 is 0 Å². The van der Waals surface area contributed by atoms with E-state index >= 15 is 0 Å². The van der Waals surface area contributed by atoms with E-state index in [2.05, 4.69) is 10.1 Å². The number of aryl methyl sites for hydroxylation is 1. The Morgan fingerprint density at radius 2 is 2.35 bits per heavy atom. The first-order valence-electron chi connectivity index (χ1n) is 6.55. The van der Waals surface area contributed by atoms with Crippen molar-refractivity contribution in [3.8, 4) is 0 Å². The van der Waals surface area contributed by atoms with Crippen LogP contribution in [-0.4, -0.2) is 44.5 Å². The van der Waals surface area contributed by atoms with Gasteiger partial charge in [-0.25, -0.2) is 4.98 Å². The third kappa shape index (κ3) is 1.90. The summed E-state index contributed by atoms with van der Waals surface area (Å²) in [6.07, 6.45) is 4.57. The van der Waals surface area contributed by atoms with Crippen molar-refractivity contribution in [2.45, 2.75) is 18.4 Å². The molecule has 0 unspecified atom stereocenters. The number of aliphatic hydroxyl groups is 1. The second kappa shape index (κ2) is 4.45. The third-order valence-electron chi connectivity index (χ3n) is 3.88. The largest absolute Gasteiger partial charge is 0.378 e. The number of hydrogen-bond acceptors (Lipinski definition) is 5. The smallest absolute Gasteiger partial charge is 0.251 e. The van der Waals surface area contributed by atoms with Crippen molar-refractivity contribution < 1.29 is 9.90 Å². The van der Waals surface area contributed by atoms with Crippen LogP contribution in [0, 0.1) is 0 Å². The second-order valence-electron chi connectivity index (χ2n) is 5.26. The van der Waals surface area contributed by atoms with Gasteiger partial charge in [0.25, 0.3) is 5.91 Å². The molecular formula is C13H17N5O2. The fourth-order valence-electron chi connectivity index (χ4n) is 2.75. The Bertz CT molecular complexity index is 668. The molecule has 106 valence electrons. The van der Waals surface area contributed by atoms with Crippen LogP contribution in [-0.2, 0) is 11.8 Å². The van der Waals surface area contributed by atoms with E-state index in [1.807, 2.05) is 18.0 Å². The van der Waals surface area contributed by atoms with E-state index in [-0.39, 0.29) is 6.54 Å². The van der Waals surface area contributed by atoms with Gasteiger partial charge in [-0.15, -0.1) is 0 Å². The molecule has 0 bridgehead atoms. The molecule has 1 fully saturated rings. The molecule has 1 aliphatic heterocycles. The first kappa shape index (κ1) is 12.9. The highest BCUT2D eigenvalue weighted by Crippen LogP contribution is 2.30. The lowest BCUT2D eigenvalue weighted by molar-refractivity contribution is -0.137. The molecule has 0 aromatic carbocycles. The van der Waals surface area contributed by atoms with Gasteiger partial charge in [0, 0.05) is 19.8 Å². The van der Waals surface area contributed by atoms with Crippen molar-refractivity contribution in [1.82, 2.24) is 14.8 Å². The summed E-state index contributed by atoms with van der Waals surface area (Å²) < 4.78 is 1.70. The molecule has 0 aliphatic carbocycles. The summed E-state index contributed by atoms with van der Waals surface area (Å²) in [5.74, 6) is -0.668. The summed E-state index contributed by atoms with van der Waals surface area (Å²) in [6, 6.07) is 1.87. The molecule has 3 rings (SSSR count). The van der Waals surface area contributed by atoms with Crippen LogP contribution in [0.2, 0.25) is 0 Å². The Kier molecular flexibility index (Phi) is 2.86. The number of carbonyl (C=O) groups is 1. The van der Waals surface area contributed by atoms with Gasteiger partial charge < -0.3 is 15.7 Å². The summed E-state index contributed by atoms with van der Waals surface area (Å²) in [5, 5.41) is 15.4. The number of primary amides is 1. The average Bonchev–Trinajstić information content (AvgIpc) is 2.81.